The van der Waals surface area contributed by atoms with Gasteiger partial charge in [0.15, 0.2) is 5.69 Å². The van der Waals surface area contributed by atoms with Crippen molar-refractivity contribution in [2.75, 3.05) is 6.54 Å². The van der Waals surface area contributed by atoms with Gasteiger partial charge in [-0.05, 0) is 37.5 Å². The molecule has 1 atom stereocenters. The fourth-order valence-electron chi connectivity index (χ4n) is 2.91. The minimum atomic E-state index is -0.300. The Morgan fingerprint density at radius 1 is 1.31 bits per heavy atom. The number of amides is 2. The standard InChI is InChI=1S/C19H23FN4O2/c1-3-13(2)21-18(25)16-11-17-19(26)23(9-4-10-24(17)22-16)12-14-5-7-15(20)8-6-14/h5-8,11,13H,3-4,9-10,12H2,1-2H3,(H,21,25). The summed E-state index contributed by atoms with van der Waals surface area (Å²) >= 11 is 0. The van der Waals surface area contributed by atoms with Gasteiger partial charge in [0, 0.05) is 31.7 Å². The van der Waals surface area contributed by atoms with Crippen molar-refractivity contribution in [3.05, 3.63) is 53.1 Å². The van der Waals surface area contributed by atoms with E-state index in [4.69, 9.17) is 0 Å². The Morgan fingerprint density at radius 2 is 2.04 bits per heavy atom. The third-order valence-electron chi connectivity index (χ3n) is 4.59. The summed E-state index contributed by atoms with van der Waals surface area (Å²) in [5.74, 6) is -0.731. The van der Waals surface area contributed by atoms with E-state index in [9.17, 15) is 14.0 Å². The fraction of sp³-hybridized carbons (Fsp3) is 0.421. The third-order valence-corrected chi connectivity index (χ3v) is 4.59. The van der Waals surface area contributed by atoms with Crippen LogP contribution in [0.3, 0.4) is 0 Å². The maximum absolute atomic E-state index is 13.1. The lowest BCUT2D eigenvalue weighted by atomic mass is 10.2. The molecule has 0 saturated carbocycles. The highest BCUT2D eigenvalue weighted by atomic mass is 19.1. The molecule has 0 radical (unpaired) electrons. The van der Waals surface area contributed by atoms with Crippen LogP contribution in [-0.2, 0) is 13.1 Å². The summed E-state index contributed by atoms with van der Waals surface area (Å²) < 4.78 is 14.7. The smallest absolute Gasteiger partial charge is 0.272 e. The SMILES string of the molecule is CCC(C)NC(=O)c1cc2n(n1)CCCN(Cc1ccc(F)cc1)C2=O. The Morgan fingerprint density at radius 3 is 2.73 bits per heavy atom. The van der Waals surface area contributed by atoms with E-state index in [0.29, 0.717) is 25.3 Å². The van der Waals surface area contributed by atoms with E-state index in [1.54, 1.807) is 27.8 Å². The molecule has 1 aliphatic rings. The molecule has 0 fully saturated rings. The Labute approximate surface area is 152 Å². The van der Waals surface area contributed by atoms with E-state index >= 15 is 0 Å². The quantitative estimate of drug-likeness (QED) is 0.893. The molecule has 2 aromatic rings. The number of fused-ring (bicyclic) bond motifs is 1. The molecule has 26 heavy (non-hydrogen) atoms. The van der Waals surface area contributed by atoms with Gasteiger partial charge < -0.3 is 10.2 Å². The number of hydrogen-bond donors (Lipinski definition) is 1. The van der Waals surface area contributed by atoms with Crippen LogP contribution < -0.4 is 5.32 Å². The van der Waals surface area contributed by atoms with E-state index in [2.05, 4.69) is 10.4 Å². The van der Waals surface area contributed by atoms with Gasteiger partial charge in [-0.2, -0.15) is 5.10 Å². The first-order chi connectivity index (χ1) is 12.5. The molecular formula is C19H23FN4O2. The Balaban J connectivity index is 1.78. The van der Waals surface area contributed by atoms with Crippen molar-refractivity contribution in [3.63, 3.8) is 0 Å². The Hall–Kier alpha value is -2.70. The Bertz CT molecular complexity index is 800. The number of nitrogens with zero attached hydrogens (tertiary/aromatic N) is 3. The molecule has 1 unspecified atom stereocenters. The molecule has 1 aliphatic heterocycles. The van der Waals surface area contributed by atoms with Crippen LogP contribution in [0.2, 0.25) is 0 Å². The van der Waals surface area contributed by atoms with Gasteiger partial charge in [-0.25, -0.2) is 4.39 Å². The molecule has 138 valence electrons. The van der Waals surface area contributed by atoms with Gasteiger partial charge in [-0.1, -0.05) is 19.1 Å². The molecule has 0 spiro atoms. The lowest BCUT2D eigenvalue weighted by molar-refractivity contribution is 0.0745. The lowest BCUT2D eigenvalue weighted by Gasteiger charge is -2.20. The van der Waals surface area contributed by atoms with Crippen molar-refractivity contribution in [2.24, 2.45) is 0 Å². The van der Waals surface area contributed by atoms with Crippen molar-refractivity contribution in [1.29, 1.82) is 0 Å². The van der Waals surface area contributed by atoms with E-state index < -0.39 is 0 Å². The van der Waals surface area contributed by atoms with Crippen LogP contribution in [0.25, 0.3) is 0 Å². The number of benzene rings is 1. The summed E-state index contributed by atoms with van der Waals surface area (Å²) in [7, 11) is 0. The minimum Gasteiger partial charge on any atom is -0.348 e. The van der Waals surface area contributed by atoms with E-state index in [1.165, 1.54) is 12.1 Å². The van der Waals surface area contributed by atoms with Crippen LogP contribution in [-0.4, -0.2) is 39.1 Å². The van der Waals surface area contributed by atoms with Crippen molar-refractivity contribution >= 4 is 11.8 Å². The van der Waals surface area contributed by atoms with Gasteiger partial charge in [0.05, 0.1) is 0 Å². The first-order valence-electron chi connectivity index (χ1n) is 8.90. The predicted octanol–water partition coefficient (Wildman–Crippen LogP) is 2.60. The Kier molecular flexibility index (Phi) is 5.35. The average Bonchev–Trinajstić information content (AvgIpc) is 3.00. The molecule has 0 bridgehead atoms. The number of aromatic nitrogens is 2. The molecular weight excluding hydrogens is 335 g/mol. The van der Waals surface area contributed by atoms with Crippen molar-refractivity contribution < 1.29 is 14.0 Å². The molecule has 1 N–H and O–H groups in total. The van der Waals surface area contributed by atoms with Gasteiger partial charge in [-0.15, -0.1) is 0 Å². The number of aryl methyl sites for hydroxylation is 1. The van der Waals surface area contributed by atoms with Gasteiger partial charge >= 0.3 is 0 Å². The summed E-state index contributed by atoms with van der Waals surface area (Å²) in [6, 6.07) is 7.74. The molecule has 6 nitrogen and oxygen atoms in total. The van der Waals surface area contributed by atoms with Crippen LogP contribution in [0, 0.1) is 5.82 Å². The fourth-order valence-corrected chi connectivity index (χ4v) is 2.91. The third kappa shape index (κ3) is 3.92. The first kappa shape index (κ1) is 18.1. The largest absolute Gasteiger partial charge is 0.348 e. The molecule has 0 saturated heterocycles. The van der Waals surface area contributed by atoms with Crippen LogP contribution in [0.1, 0.15) is 53.2 Å². The zero-order valence-corrected chi connectivity index (χ0v) is 15.0. The highest BCUT2D eigenvalue weighted by molar-refractivity contribution is 5.98. The number of halogens is 1. The maximum Gasteiger partial charge on any atom is 0.272 e. The van der Waals surface area contributed by atoms with Crippen molar-refractivity contribution in [2.45, 2.75) is 45.8 Å². The molecule has 1 aromatic carbocycles. The van der Waals surface area contributed by atoms with Crippen LogP contribution in [0.4, 0.5) is 4.39 Å². The summed E-state index contributed by atoms with van der Waals surface area (Å²) in [6.07, 6.45) is 1.57. The van der Waals surface area contributed by atoms with E-state index in [1.807, 2.05) is 13.8 Å². The second-order valence-electron chi connectivity index (χ2n) is 6.63. The minimum absolute atomic E-state index is 0.0506. The average molecular weight is 358 g/mol. The number of hydrogen-bond acceptors (Lipinski definition) is 3. The first-order valence-corrected chi connectivity index (χ1v) is 8.90. The van der Waals surface area contributed by atoms with Crippen LogP contribution >= 0.6 is 0 Å². The number of rotatable bonds is 5. The van der Waals surface area contributed by atoms with Crippen molar-refractivity contribution in [3.8, 4) is 0 Å². The monoisotopic (exact) mass is 358 g/mol. The molecule has 7 heteroatoms. The second-order valence-corrected chi connectivity index (χ2v) is 6.63. The van der Waals surface area contributed by atoms with Crippen LogP contribution in [0.5, 0.6) is 0 Å². The molecule has 2 amide bonds. The van der Waals surface area contributed by atoms with E-state index in [-0.39, 0.29) is 29.4 Å². The zero-order chi connectivity index (χ0) is 18.7. The lowest BCUT2D eigenvalue weighted by Crippen LogP contribution is -2.32. The van der Waals surface area contributed by atoms with Gasteiger partial charge in [-0.3, -0.25) is 14.3 Å². The summed E-state index contributed by atoms with van der Waals surface area (Å²) in [4.78, 5) is 26.9. The number of carbonyl (C=O) groups is 2. The maximum atomic E-state index is 13.1. The summed E-state index contributed by atoms with van der Waals surface area (Å²) in [6.45, 7) is 5.49. The second kappa shape index (κ2) is 7.68. The van der Waals surface area contributed by atoms with Gasteiger partial charge in [0.2, 0.25) is 0 Å². The predicted molar refractivity (Wildman–Crippen MR) is 95.2 cm³/mol. The number of carbonyl (C=O) groups excluding carboxylic acids is 2. The van der Waals surface area contributed by atoms with Gasteiger partial charge in [0.1, 0.15) is 11.5 Å². The molecule has 3 rings (SSSR count). The normalized spacial score (nSPS) is 15.3. The van der Waals surface area contributed by atoms with Gasteiger partial charge in [0.25, 0.3) is 11.8 Å². The summed E-state index contributed by atoms with van der Waals surface area (Å²) in [5.41, 5.74) is 1.54. The molecule has 2 heterocycles. The van der Waals surface area contributed by atoms with E-state index in [0.717, 1.165) is 18.4 Å². The molecule has 1 aromatic heterocycles. The highest BCUT2D eigenvalue weighted by Crippen LogP contribution is 2.17. The zero-order valence-electron chi connectivity index (χ0n) is 15.0. The van der Waals surface area contributed by atoms with Crippen LogP contribution in [0.15, 0.2) is 30.3 Å². The highest BCUT2D eigenvalue weighted by Gasteiger charge is 2.26. The summed E-state index contributed by atoms with van der Waals surface area (Å²) in [5, 5.41) is 7.18. The topological polar surface area (TPSA) is 67.2 Å². The number of nitrogens with one attached hydrogen (secondary N) is 1. The van der Waals surface area contributed by atoms with Crippen molar-refractivity contribution in [1.82, 2.24) is 20.0 Å². The molecule has 0 aliphatic carbocycles.